The van der Waals surface area contributed by atoms with Crippen LogP contribution in [-0.4, -0.2) is 45.5 Å². The van der Waals surface area contributed by atoms with Crippen molar-refractivity contribution in [3.8, 4) is 0 Å². The van der Waals surface area contributed by atoms with Gasteiger partial charge in [-0.25, -0.2) is 0 Å². The zero-order valence-corrected chi connectivity index (χ0v) is 12.9. The number of carboxylic acid groups (broad SMARTS) is 1. The fourth-order valence-electron chi connectivity index (χ4n) is 2.83. The van der Waals surface area contributed by atoms with Crippen molar-refractivity contribution in [1.29, 1.82) is 0 Å². The number of amides is 3. The van der Waals surface area contributed by atoms with Crippen LogP contribution in [-0.2, 0) is 20.9 Å². The molecule has 3 amide bonds. The van der Waals surface area contributed by atoms with Crippen LogP contribution in [0.3, 0.4) is 0 Å². The van der Waals surface area contributed by atoms with Crippen LogP contribution in [0.15, 0.2) is 23.1 Å². The predicted octanol–water partition coefficient (Wildman–Crippen LogP) is 0.624. The second-order valence-electron chi connectivity index (χ2n) is 5.36. The van der Waals surface area contributed by atoms with Gasteiger partial charge in [-0.1, -0.05) is 6.07 Å². The number of thioether (sulfide) groups is 1. The third kappa shape index (κ3) is 2.94. The number of fused-ring (bicyclic) bond motifs is 1. The van der Waals surface area contributed by atoms with Gasteiger partial charge in [0.25, 0.3) is 5.91 Å². The molecule has 120 valence electrons. The van der Waals surface area contributed by atoms with Gasteiger partial charge < -0.3 is 10.0 Å². The highest BCUT2D eigenvalue weighted by Crippen LogP contribution is 2.34. The van der Waals surface area contributed by atoms with Crippen LogP contribution in [0.4, 0.5) is 0 Å². The summed E-state index contributed by atoms with van der Waals surface area (Å²) in [5.74, 6) is -2.07. The second kappa shape index (κ2) is 6.04. The van der Waals surface area contributed by atoms with E-state index in [1.54, 1.807) is 18.2 Å². The number of hydrogen-bond donors (Lipinski definition) is 2. The summed E-state index contributed by atoms with van der Waals surface area (Å²) in [7, 11) is 0. The van der Waals surface area contributed by atoms with Crippen LogP contribution in [0, 0.1) is 0 Å². The molecule has 1 aromatic carbocycles. The molecule has 0 bridgehead atoms. The Hall–Kier alpha value is -2.35. The summed E-state index contributed by atoms with van der Waals surface area (Å²) in [5.41, 5.74) is 1.23. The molecule has 1 aromatic rings. The molecule has 1 fully saturated rings. The lowest BCUT2D eigenvalue weighted by atomic mass is 10.0. The van der Waals surface area contributed by atoms with Gasteiger partial charge in [0.05, 0.1) is 5.75 Å². The average Bonchev–Trinajstić information content (AvgIpc) is 2.83. The molecule has 2 aliphatic heterocycles. The third-order valence-corrected chi connectivity index (χ3v) is 4.98. The smallest absolute Gasteiger partial charge is 0.313 e. The Morgan fingerprint density at radius 3 is 2.83 bits per heavy atom. The van der Waals surface area contributed by atoms with Gasteiger partial charge in [-0.15, -0.1) is 11.8 Å². The van der Waals surface area contributed by atoms with Gasteiger partial charge in [-0.2, -0.15) is 0 Å². The van der Waals surface area contributed by atoms with Crippen molar-refractivity contribution >= 4 is 35.5 Å². The Kier molecular flexibility index (Phi) is 4.08. The summed E-state index contributed by atoms with van der Waals surface area (Å²) in [6, 6.07) is 4.49. The van der Waals surface area contributed by atoms with Gasteiger partial charge in [0.1, 0.15) is 6.04 Å². The number of benzene rings is 1. The van der Waals surface area contributed by atoms with Crippen LogP contribution in [0.2, 0.25) is 0 Å². The van der Waals surface area contributed by atoms with Gasteiger partial charge in [0, 0.05) is 23.4 Å². The van der Waals surface area contributed by atoms with Gasteiger partial charge in [0.2, 0.25) is 11.8 Å². The first-order valence-corrected chi connectivity index (χ1v) is 8.07. The molecule has 2 N–H and O–H groups in total. The Bertz CT molecular complexity index is 718. The van der Waals surface area contributed by atoms with E-state index >= 15 is 0 Å². The van der Waals surface area contributed by atoms with Crippen molar-refractivity contribution in [3.05, 3.63) is 29.3 Å². The van der Waals surface area contributed by atoms with Crippen LogP contribution in [0.25, 0.3) is 0 Å². The van der Waals surface area contributed by atoms with E-state index in [1.807, 2.05) is 0 Å². The SMILES string of the molecule is O=C(O)CSc1cccc2c1CN(C1CCC(=O)NC1=O)C2=O. The Balaban J connectivity index is 1.84. The van der Waals surface area contributed by atoms with Crippen LogP contribution in [0.1, 0.15) is 28.8 Å². The predicted molar refractivity (Wildman–Crippen MR) is 80.8 cm³/mol. The number of hydrogen-bond acceptors (Lipinski definition) is 5. The fraction of sp³-hybridized carbons (Fsp3) is 0.333. The van der Waals surface area contributed by atoms with E-state index < -0.39 is 17.9 Å². The zero-order chi connectivity index (χ0) is 16.6. The number of nitrogens with one attached hydrogen (secondary N) is 1. The van der Waals surface area contributed by atoms with E-state index in [4.69, 9.17) is 5.11 Å². The largest absolute Gasteiger partial charge is 0.481 e. The first kappa shape index (κ1) is 15.5. The average molecular weight is 334 g/mol. The third-order valence-electron chi connectivity index (χ3n) is 3.89. The standard InChI is InChI=1S/C15H14N2O5S/c18-12-5-4-10(14(21)16-12)17-6-9-8(15(17)22)2-1-3-11(9)23-7-13(19)20/h1-3,10H,4-7H2,(H,19,20)(H,16,18,21). The number of carboxylic acids is 1. The van der Waals surface area contributed by atoms with E-state index in [2.05, 4.69) is 5.32 Å². The normalized spacial score (nSPS) is 20.4. The Morgan fingerprint density at radius 2 is 2.13 bits per heavy atom. The van der Waals surface area contributed by atoms with E-state index in [-0.39, 0.29) is 30.5 Å². The molecule has 1 atom stereocenters. The van der Waals surface area contributed by atoms with Crippen LogP contribution >= 0.6 is 11.8 Å². The van der Waals surface area contributed by atoms with Crippen LogP contribution in [0.5, 0.6) is 0 Å². The molecule has 23 heavy (non-hydrogen) atoms. The summed E-state index contributed by atoms with van der Waals surface area (Å²) >= 11 is 1.15. The summed E-state index contributed by atoms with van der Waals surface area (Å²) in [5, 5.41) is 11.1. The molecule has 0 spiro atoms. The van der Waals surface area contributed by atoms with Gasteiger partial charge >= 0.3 is 5.97 Å². The molecule has 2 heterocycles. The van der Waals surface area contributed by atoms with Crippen molar-refractivity contribution in [3.63, 3.8) is 0 Å². The molecule has 0 saturated carbocycles. The monoisotopic (exact) mass is 334 g/mol. The summed E-state index contributed by atoms with van der Waals surface area (Å²) in [6.07, 6.45) is 0.513. The molecule has 8 heteroatoms. The topological polar surface area (TPSA) is 104 Å². The van der Waals surface area contributed by atoms with Gasteiger partial charge in [-0.05, 0) is 24.1 Å². The molecular formula is C15H14N2O5S. The molecule has 1 unspecified atom stereocenters. The minimum atomic E-state index is -0.932. The molecule has 2 aliphatic rings. The maximum absolute atomic E-state index is 12.5. The maximum atomic E-state index is 12.5. The van der Waals surface area contributed by atoms with E-state index in [0.717, 1.165) is 22.2 Å². The van der Waals surface area contributed by atoms with Gasteiger partial charge in [0.15, 0.2) is 0 Å². The highest BCUT2D eigenvalue weighted by molar-refractivity contribution is 8.00. The Labute approximate surface area is 136 Å². The molecule has 1 saturated heterocycles. The molecule has 3 rings (SSSR count). The second-order valence-corrected chi connectivity index (χ2v) is 6.38. The first-order valence-electron chi connectivity index (χ1n) is 7.08. The summed E-state index contributed by atoms with van der Waals surface area (Å²) in [4.78, 5) is 48.7. The lowest BCUT2D eigenvalue weighted by Crippen LogP contribution is -2.52. The number of rotatable bonds is 4. The van der Waals surface area contributed by atoms with Gasteiger partial charge in [-0.3, -0.25) is 24.5 Å². The number of nitrogens with zero attached hydrogens (tertiary/aromatic N) is 1. The lowest BCUT2D eigenvalue weighted by molar-refractivity contribution is -0.137. The summed E-state index contributed by atoms with van der Waals surface area (Å²) < 4.78 is 0. The molecule has 7 nitrogen and oxygen atoms in total. The fourth-order valence-corrected chi connectivity index (χ4v) is 3.63. The molecule has 0 radical (unpaired) electrons. The lowest BCUT2D eigenvalue weighted by Gasteiger charge is -2.29. The number of aliphatic carboxylic acids is 1. The first-order chi connectivity index (χ1) is 11.0. The quantitative estimate of drug-likeness (QED) is 0.618. The highest BCUT2D eigenvalue weighted by atomic mass is 32.2. The van der Waals surface area contributed by atoms with Crippen molar-refractivity contribution < 1.29 is 24.3 Å². The highest BCUT2D eigenvalue weighted by Gasteiger charge is 2.39. The van der Waals surface area contributed by atoms with E-state index in [1.165, 1.54) is 4.90 Å². The van der Waals surface area contributed by atoms with Crippen LogP contribution < -0.4 is 5.32 Å². The van der Waals surface area contributed by atoms with Crippen molar-refractivity contribution in [2.24, 2.45) is 0 Å². The number of imide groups is 1. The molecule has 0 aromatic heterocycles. The van der Waals surface area contributed by atoms with Crippen molar-refractivity contribution in [2.45, 2.75) is 30.3 Å². The number of carbonyl (C=O) groups is 4. The maximum Gasteiger partial charge on any atom is 0.313 e. The van der Waals surface area contributed by atoms with E-state index in [9.17, 15) is 19.2 Å². The number of carbonyl (C=O) groups excluding carboxylic acids is 3. The minimum absolute atomic E-state index is 0.0942. The Morgan fingerprint density at radius 1 is 1.35 bits per heavy atom. The van der Waals surface area contributed by atoms with Crippen molar-refractivity contribution in [1.82, 2.24) is 10.2 Å². The molecule has 0 aliphatic carbocycles. The molecular weight excluding hydrogens is 320 g/mol. The number of piperidine rings is 1. The van der Waals surface area contributed by atoms with Crippen molar-refractivity contribution in [2.75, 3.05) is 5.75 Å². The summed E-state index contributed by atoms with van der Waals surface area (Å²) in [6.45, 7) is 0.253. The minimum Gasteiger partial charge on any atom is -0.481 e. The van der Waals surface area contributed by atoms with E-state index in [0.29, 0.717) is 12.0 Å². The zero-order valence-electron chi connectivity index (χ0n) is 12.1.